The topological polar surface area (TPSA) is 12.0 Å². The van der Waals surface area contributed by atoms with Crippen molar-refractivity contribution in [2.45, 2.75) is 13.0 Å². The third-order valence-corrected chi connectivity index (χ3v) is 3.98. The van der Waals surface area contributed by atoms with Crippen LogP contribution in [-0.4, -0.2) is 6.54 Å². The minimum atomic E-state index is 0.0721. The Morgan fingerprint density at radius 3 is 2.37 bits per heavy atom. The maximum absolute atomic E-state index is 6.31. The fourth-order valence-corrected chi connectivity index (χ4v) is 2.78. The average molecular weight is 359 g/mol. The van der Waals surface area contributed by atoms with E-state index >= 15 is 0 Å². The molecule has 19 heavy (non-hydrogen) atoms. The van der Waals surface area contributed by atoms with Crippen LogP contribution < -0.4 is 5.32 Å². The molecule has 0 spiro atoms. The summed E-state index contributed by atoms with van der Waals surface area (Å²) in [5.74, 6) is 0. The highest BCUT2D eigenvalue weighted by Crippen LogP contribution is 2.31. The van der Waals surface area contributed by atoms with Crippen LogP contribution in [0.4, 0.5) is 0 Å². The van der Waals surface area contributed by atoms with Crippen LogP contribution in [0, 0.1) is 0 Å². The van der Waals surface area contributed by atoms with Crippen LogP contribution in [0.25, 0.3) is 0 Å². The van der Waals surface area contributed by atoms with Gasteiger partial charge in [0.15, 0.2) is 0 Å². The Morgan fingerprint density at radius 2 is 1.79 bits per heavy atom. The lowest BCUT2D eigenvalue weighted by molar-refractivity contribution is 0.631. The molecule has 0 aromatic heterocycles. The molecule has 0 saturated carbocycles. The Hall–Kier alpha value is -0.540. The van der Waals surface area contributed by atoms with Crippen LogP contribution >= 0.6 is 39.1 Å². The number of nitrogens with one attached hydrogen (secondary N) is 1. The van der Waals surface area contributed by atoms with Gasteiger partial charge in [0.1, 0.15) is 0 Å². The number of halogens is 3. The molecule has 0 saturated heterocycles. The highest BCUT2D eigenvalue weighted by atomic mass is 79.9. The van der Waals surface area contributed by atoms with Crippen molar-refractivity contribution >= 4 is 39.1 Å². The lowest BCUT2D eigenvalue weighted by Gasteiger charge is -2.20. The molecule has 0 aliphatic rings. The molecule has 0 bridgehead atoms. The van der Waals surface area contributed by atoms with E-state index < -0.39 is 0 Å². The Balaban J connectivity index is 2.41. The quantitative estimate of drug-likeness (QED) is 0.765. The maximum Gasteiger partial charge on any atom is 0.0591 e. The van der Waals surface area contributed by atoms with E-state index in [-0.39, 0.29) is 6.04 Å². The fraction of sp³-hybridized carbons (Fsp3) is 0.200. The van der Waals surface area contributed by atoms with Crippen LogP contribution in [-0.2, 0) is 0 Å². The SMILES string of the molecule is CCNC(c1ccc(Br)cc1)c1ccc(Cl)cc1Cl. The second kappa shape index (κ2) is 6.76. The lowest BCUT2D eigenvalue weighted by atomic mass is 9.98. The summed E-state index contributed by atoms with van der Waals surface area (Å²) in [5, 5.41) is 4.79. The molecule has 1 nitrogen and oxygen atoms in total. The van der Waals surface area contributed by atoms with Gasteiger partial charge in [-0.25, -0.2) is 0 Å². The van der Waals surface area contributed by atoms with Crippen molar-refractivity contribution in [1.29, 1.82) is 0 Å². The summed E-state index contributed by atoms with van der Waals surface area (Å²) in [6.07, 6.45) is 0. The van der Waals surface area contributed by atoms with E-state index in [1.165, 1.54) is 5.56 Å². The van der Waals surface area contributed by atoms with Gasteiger partial charge < -0.3 is 5.32 Å². The van der Waals surface area contributed by atoms with E-state index in [1.54, 1.807) is 6.07 Å². The molecular weight excluding hydrogens is 345 g/mol. The van der Waals surface area contributed by atoms with Crippen molar-refractivity contribution in [3.63, 3.8) is 0 Å². The molecular formula is C15H14BrCl2N. The standard InChI is InChI=1S/C15H14BrCl2N/c1-2-19-15(10-3-5-11(16)6-4-10)13-8-7-12(17)9-14(13)18/h3-9,15,19H,2H2,1H3. The second-order valence-electron chi connectivity index (χ2n) is 4.21. The first kappa shape index (κ1) is 14.9. The van der Waals surface area contributed by atoms with Gasteiger partial charge in [-0.15, -0.1) is 0 Å². The van der Waals surface area contributed by atoms with E-state index in [0.717, 1.165) is 16.6 Å². The molecule has 1 atom stereocenters. The van der Waals surface area contributed by atoms with E-state index in [1.807, 2.05) is 24.3 Å². The molecule has 0 aliphatic heterocycles. The van der Waals surface area contributed by atoms with Crippen LogP contribution in [0.15, 0.2) is 46.9 Å². The summed E-state index contributed by atoms with van der Waals surface area (Å²) in [6, 6.07) is 13.9. The summed E-state index contributed by atoms with van der Waals surface area (Å²) < 4.78 is 1.06. The fourth-order valence-electron chi connectivity index (χ4n) is 2.00. The summed E-state index contributed by atoms with van der Waals surface area (Å²) in [5.41, 5.74) is 2.21. The minimum Gasteiger partial charge on any atom is -0.306 e. The van der Waals surface area contributed by atoms with Crippen molar-refractivity contribution in [3.8, 4) is 0 Å². The maximum atomic E-state index is 6.31. The summed E-state index contributed by atoms with van der Waals surface area (Å²) in [4.78, 5) is 0. The Morgan fingerprint density at radius 1 is 1.11 bits per heavy atom. The van der Waals surface area contributed by atoms with Gasteiger partial charge in [-0.2, -0.15) is 0 Å². The van der Waals surface area contributed by atoms with Crippen LogP contribution in [0.5, 0.6) is 0 Å². The van der Waals surface area contributed by atoms with Gasteiger partial charge in [0.2, 0.25) is 0 Å². The van der Waals surface area contributed by atoms with Gasteiger partial charge in [0, 0.05) is 14.5 Å². The number of benzene rings is 2. The molecule has 100 valence electrons. The predicted molar refractivity (Wildman–Crippen MR) is 86.1 cm³/mol. The highest BCUT2D eigenvalue weighted by molar-refractivity contribution is 9.10. The second-order valence-corrected chi connectivity index (χ2v) is 5.97. The van der Waals surface area contributed by atoms with Gasteiger partial charge in [0.05, 0.1) is 6.04 Å². The Labute approximate surface area is 132 Å². The van der Waals surface area contributed by atoms with E-state index in [4.69, 9.17) is 23.2 Å². The summed E-state index contributed by atoms with van der Waals surface area (Å²) in [6.45, 7) is 2.94. The molecule has 0 heterocycles. The number of hydrogen-bond acceptors (Lipinski definition) is 1. The van der Waals surface area contributed by atoms with E-state index in [2.05, 4.69) is 40.3 Å². The van der Waals surface area contributed by atoms with Gasteiger partial charge in [-0.3, -0.25) is 0 Å². The zero-order valence-electron chi connectivity index (χ0n) is 10.5. The van der Waals surface area contributed by atoms with Crippen LogP contribution in [0.2, 0.25) is 10.0 Å². The van der Waals surface area contributed by atoms with Crippen molar-refractivity contribution in [3.05, 3.63) is 68.1 Å². The molecule has 0 fully saturated rings. The van der Waals surface area contributed by atoms with Crippen LogP contribution in [0.3, 0.4) is 0 Å². The Bertz CT molecular complexity index is 555. The number of rotatable bonds is 4. The zero-order valence-corrected chi connectivity index (χ0v) is 13.6. The molecule has 0 radical (unpaired) electrons. The molecule has 1 unspecified atom stereocenters. The molecule has 2 aromatic rings. The van der Waals surface area contributed by atoms with Gasteiger partial charge >= 0.3 is 0 Å². The average Bonchev–Trinajstić information content (AvgIpc) is 2.38. The van der Waals surface area contributed by atoms with Crippen molar-refractivity contribution in [2.75, 3.05) is 6.54 Å². The number of hydrogen-bond donors (Lipinski definition) is 1. The first-order valence-corrected chi connectivity index (χ1v) is 7.60. The molecule has 2 aromatic carbocycles. The van der Waals surface area contributed by atoms with E-state index in [9.17, 15) is 0 Å². The van der Waals surface area contributed by atoms with Crippen molar-refractivity contribution < 1.29 is 0 Å². The monoisotopic (exact) mass is 357 g/mol. The molecule has 0 aliphatic carbocycles. The third-order valence-electron chi connectivity index (χ3n) is 2.89. The first-order valence-electron chi connectivity index (χ1n) is 6.05. The normalized spacial score (nSPS) is 12.4. The molecule has 2 rings (SSSR count). The first-order chi connectivity index (χ1) is 9.11. The molecule has 1 N–H and O–H groups in total. The van der Waals surface area contributed by atoms with Crippen molar-refractivity contribution in [2.24, 2.45) is 0 Å². The summed E-state index contributed by atoms with van der Waals surface area (Å²) in [7, 11) is 0. The van der Waals surface area contributed by atoms with Crippen LogP contribution in [0.1, 0.15) is 24.1 Å². The summed E-state index contributed by atoms with van der Waals surface area (Å²) >= 11 is 15.7. The lowest BCUT2D eigenvalue weighted by Crippen LogP contribution is -2.22. The smallest absolute Gasteiger partial charge is 0.0591 e. The largest absolute Gasteiger partial charge is 0.306 e. The molecule has 0 amide bonds. The zero-order chi connectivity index (χ0) is 13.8. The minimum absolute atomic E-state index is 0.0721. The third kappa shape index (κ3) is 3.73. The van der Waals surface area contributed by atoms with Gasteiger partial charge in [-0.05, 0) is 41.9 Å². The highest BCUT2D eigenvalue weighted by Gasteiger charge is 2.16. The van der Waals surface area contributed by atoms with Crippen molar-refractivity contribution in [1.82, 2.24) is 5.32 Å². The molecule has 4 heteroatoms. The van der Waals surface area contributed by atoms with Gasteiger partial charge in [0.25, 0.3) is 0 Å². The predicted octanol–water partition coefficient (Wildman–Crippen LogP) is 5.45. The van der Waals surface area contributed by atoms with Gasteiger partial charge in [-0.1, -0.05) is 64.3 Å². The van der Waals surface area contributed by atoms with E-state index in [0.29, 0.717) is 10.0 Å². The Kier molecular flexibility index (Phi) is 5.28.